The predicted molar refractivity (Wildman–Crippen MR) is 277 cm³/mol. The largest absolute Gasteiger partial charge is 4.00 e. The van der Waals surface area contributed by atoms with E-state index in [1.54, 1.807) is 57.4 Å². The molecule has 8 aliphatic rings. The first kappa shape index (κ1) is 66.5. The summed E-state index contributed by atoms with van der Waals surface area (Å²) >= 11 is 0. The zero-order valence-electron chi connectivity index (χ0n) is 42.7. The van der Waals surface area contributed by atoms with Gasteiger partial charge in [0.1, 0.15) is 0 Å². The van der Waals surface area contributed by atoms with Crippen LogP contribution in [0.1, 0.15) is 170 Å². The molecule has 0 spiro atoms. The molecular weight excluding hydrogens is 841 g/mol. The van der Waals surface area contributed by atoms with E-state index in [4.69, 9.17) is 9.96 Å². The Kier molecular flexibility index (Phi) is 32.6. The fourth-order valence-corrected chi connectivity index (χ4v) is 24.6. The van der Waals surface area contributed by atoms with Gasteiger partial charge < -0.3 is 47.1 Å². The molecule has 8 rings (SSSR count). The van der Waals surface area contributed by atoms with Gasteiger partial charge >= 0.3 is 43.4 Å². The molecule has 8 saturated carbocycles. The number of allylic oxidation sites excluding steroid dienone is 3. The molecule has 8 aliphatic carbocycles. The smallest absolute Gasteiger partial charge is 0.662 e. The van der Waals surface area contributed by atoms with E-state index in [0.717, 1.165) is 94.2 Å². The summed E-state index contributed by atoms with van der Waals surface area (Å²) in [5.74, 6) is 12.3. The average Bonchev–Trinajstić information content (AvgIpc) is 3.90. The van der Waals surface area contributed by atoms with E-state index in [1.807, 2.05) is 19.1 Å². The van der Waals surface area contributed by atoms with E-state index >= 15 is 0 Å². The van der Waals surface area contributed by atoms with Crippen LogP contribution in [0, 0.1) is 108 Å². The Labute approximate surface area is 419 Å². The van der Waals surface area contributed by atoms with Gasteiger partial charge in [-0.15, -0.1) is 12.1 Å². The summed E-state index contributed by atoms with van der Waals surface area (Å²) < 4.78 is 0. The summed E-state index contributed by atoms with van der Waals surface area (Å²) in [4.78, 5) is 11.3. The molecule has 14 unspecified atom stereocenters. The van der Waals surface area contributed by atoms with Crippen LogP contribution in [0.25, 0.3) is 9.96 Å². The van der Waals surface area contributed by atoms with Gasteiger partial charge in [-0.2, -0.15) is 0 Å². The van der Waals surface area contributed by atoms with Crippen molar-refractivity contribution < 1.29 is 43.4 Å². The van der Waals surface area contributed by atoms with Crippen molar-refractivity contribution in [2.24, 2.45) is 71.0 Å². The topological polar surface area (TPSA) is 28.2 Å². The van der Waals surface area contributed by atoms with Gasteiger partial charge in [-0.05, 0) is 104 Å². The number of hydrogen-bond donors (Lipinski definition) is 0. The summed E-state index contributed by atoms with van der Waals surface area (Å²) in [7, 11) is -2.98. The summed E-state index contributed by atoms with van der Waals surface area (Å²) in [6.45, 7) is 26.4. The van der Waals surface area contributed by atoms with E-state index < -0.39 is 16.5 Å². The van der Waals surface area contributed by atoms with Crippen LogP contribution in [-0.4, -0.2) is 28.6 Å². The molecule has 2 nitrogen and oxygen atoms in total. The van der Waals surface area contributed by atoms with Gasteiger partial charge in [-0.3, -0.25) is 0 Å². The molecule has 0 aliphatic heterocycles. The maximum absolute atomic E-state index is 5.65. The molecule has 0 aromatic carbocycles. The fourth-order valence-electron chi connectivity index (χ4n) is 15.8. The van der Waals surface area contributed by atoms with Crippen molar-refractivity contribution in [1.82, 2.24) is 0 Å². The Morgan fingerprint density at radius 1 is 0.459 bits per heavy atom. The molecule has 14 atom stereocenters. The van der Waals surface area contributed by atoms with Crippen molar-refractivity contribution in [2.75, 3.05) is 0 Å². The number of nitrogens with zero attached hydrogens (tertiary/aromatic N) is 2. The molecule has 0 bridgehead atoms. The standard InChI is InChI=1S/2C22H40NSi.C5H8.CH4.5CH3.2Ti/c2*1-15-16(2)22(24(3,4)23-19-11-6-5-7-12-19)21-14-18-10-8-9-17(18)13-20(15)21;1-3-5-4-2;;;;;;;;/h2*15-22H,5-14H2,1-4H3;3-5H,1H2,2H3;1H4;5*1H3;;/q2*-1;;;5*-1;+3;+4/b;;5-4+;;;;;;;;. The third-order valence-corrected chi connectivity index (χ3v) is 25.5. The van der Waals surface area contributed by atoms with E-state index in [-0.39, 0.29) is 88.0 Å². The van der Waals surface area contributed by atoms with Crippen LogP contribution in [0.4, 0.5) is 0 Å². The number of rotatable bonds is 7. The van der Waals surface area contributed by atoms with Crippen LogP contribution >= 0.6 is 0 Å². The molecule has 1 radical (unpaired) electrons. The summed E-state index contributed by atoms with van der Waals surface area (Å²) in [5, 5.41) is 0. The minimum Gasteiger partial charge on any atom is -0.662 e. The summed E-state index contributed by atoms with van der Waals surface area (Å²) in [6.07, 6.45) is 35.3. The zero-order chi connectivity index (χ0) is 37.9. The van der Waals surface area contributed by atoms with Gasteiger partial charge in [0.2, 0.25) is 0 Å². The van der Waals surface area contributed by atoms with Gasteiger partial charge in [0, 0.05) is 0 Å². The van der Waals surface area contributed by atoms with Crippen LogP contribution in [-0.2, 0) is 43.4 Å². The SMILES string of the molecule is C.C=C/C=C/C.CC1C(C)C([Si](C)(C)[N-]C2CCCCC2)C2CC3CCCC3CC12.CC1C(C)C([Si](C)(C)[N-]C2CCCCC2)C2CC3CCCC3CC12.[CH3-].[CH3-].[CH3-].[CH3-].[CH3-].[Ti+3].[Ti+4]. The molecule has 61 heavy (non-hydrogen) atoms. The number of hydrogen-bond acceptors (Lipinski definition) is 0. The molecule has 6 heteroatoms. The normalized spacial score (nSPS) is 37.5. The van der Waals surface area contributed by atoms with Crippen LogP contribution in [0.3, 0.4) is 0 Å². The average molecular weight is 948 g/mol. The summed E-state index contributed by atoms with van der Waals surface area (Å²) in [5.41, 5.74) is 1.95. The van der Waals surface area contributed by atoms with Gasteiger partial charge in [-0.25, -0.2) is 0 Å². The van der Waals surface area contributed by atoms with E-state index in [9.17, 15) is 0 Å². The second kappa shape index (κ2) is 29.9. The van der Waals surface area contributed by atoms with Crippen molar-refractivity contribution in [3.63, 3.8) is 0 Å². The minimum atomic E-state index is -1.49. The predicted octanol–water partition coefficient (Wildman–Crippen LogP) is 18.6. The maximum atomic E-state index is 5.65. The van der Waals surface area contributed by atoms with Crippen molar-refractivity contribution in [3.05, 3.63) is 71.9 Å². The summed E-state index contributed by atoms with van der Waals surface area (Å²) in [6, 6.07) is 1.45. The Balaban J connectivity index is -0.000000888. The van der Waals surface area contributed by atoms with Crippen molar-refractivity contribution in [1.29, 1.82) is 0 Å². The Hall–Kier alpha value is 1.26. The molecule has 0 saturated heterocycles. The van der Waals surface area contributed by atoms with E-state index in [0.29, 0.717) is 0 Å². The zero-order valence-corrected chi connectivity index (χ0v) is 47.8. The quantitative estimate of drug-likeness (QED) is 0.138. The first-order valence-electron chi connectivity index (χ1n) is 24.0. The molecule has 0 amide bonds. The van der Waals surface area contributed by atoms with Crippen molar-refractivity contribution >= 4 is 16.5 Å². The van der Waals surface area contributed by atoms with Crippen molar-refractivity contribution in [3.8, 4) is 0 Å². The third-order valence-electron chi connectivity index (χ3n) is 18.2. The molecular formula is C55H107N2Si2Ti2. The Morgan fingerprint density at radius 3 is 1.02 bits per heavy atom. The molecule has 8 fully saturated rings. The molecule has 0 aromatic rings. The van der Waals surface area contributed by atoms with Crippen LogP contribution in [0.2, 0.25) is 37.3 Å². The molecule has 0 aromatic heterocycles. The minimum absolute atomic E-state index is 0. The Bertz CT molecular complexity index is 1100. The second-order valence-electron chi connectivity index (χ2n) is 21.9. The van der Waals surface area contributed by atoms with Gasteiger partial charge in [0.05, 0.1) is 0 Å². The third kappa shape index (κ3) is 15.6. The molecule has 0 heterocycles. The van der Waals surface area contributed by atoms with Gasteiger partial charge in [0.25, 0.3) is 0 Å². The van der Waals surface area contributed by atoms with Crippen molar-refractivity contribution in [2.45, 2.75) is 220 Å². The van der Waals surface area contributed by atoms with Crippen LogP contribution in [0.5, 0.6) is 0 Å². The fraction of sp³-hybridized carbons (Fsp3) is 0.836. The first-order valence-corrected chi connectivity index (χ1v) is 30.1. The molecule has 353 valence electrons. The van der Waals surface area contributed by atoms with E-state index in [2.05, 4.69) is 60.5 Å². The maximum Gasteiger partial charge on any atom is 4.00 e. The van der Waals surface area contributed by atoms with Gasteiger partial charge in [-0.1, -0.05) is 216 Å². The monoisotopic (exact) mass is 948 g/mol. The molecule has 0 N–H and O–H groups in total. The van der Waals surface area contributed by atoms with E-state index in [1.165, 1.54) is 77.0 Å². The first-order chi connectivity index (χ1) is 25.4. The number of fused-ring (bicyclic) bond motifs is 4. The second-order valence-corrected chi connectivity index (χ2v) is 30.4. The Morgan fingerprint density at radius 2 is 0.754 bits per heavy atom. The van der Waals surface area contributed by atoms with Crippen LogP contribution in [0.15, 0.2) is 24.8 Å². The van der Waals surface area contributed by atoms with Gasteiger partial charge in [0.15, 0.2) is 0 Å². The van der Waals surface area contributed by atoms with Crippen LogP contribution < -0.4 is 0 Å².